The van der Waals surface area contributed by atoms with Gasteiger partial charge in [0, 0.05) is 38.0 Å². The predicted octanol–water partition coefficient (Wildman–Crippen LogP) is 2.81. The highest BCUT2D eigenvalue weighted by atomic mass is 15.2. The van der Waals surface area contributed by atoms with Crippen molar-refractivity contribution in [2.24, 2.45) is 0 Å². The second-order valence-electron chi connectivity index (χ2n) is 6.84. The Morgan fingerprint density at radius 1 is 0.952 bits per heavy atom. The van der Waals surface area contributed by atoms with Crippen LogP contribution in [-0.2, 0) is 0 Å². The van der Waals surface area contributed by atoms with E-state index in [1.807, 2.05) is 0 Å². The maximum atomic E-state index is 5.08. The largest absolute Gasteiger partial charge is 0.366 e. The van der Waals surface area contributed by atoms with Crippen LogP contribution in [0.3, 0.4) is 0 Å². The molecule has 3 fully saturated rings. The molecule has 4 rings (SSSR count). The van der Waals surface area contributed by atoms with Gasteiger partial charge in [-0.1, -0.05) is 19.3 Å². The third-order valence-corrected chi connectivity index (χ3v) is 5.49. The van der Waals surface area contributed by atoms with Crippen LogP contribution >= 0.6 is 0 Å². The van der Waals surface area contributed by atoms with Crippen molar-refractivity contribution in [2.75, 3.05) is 31.1 Å². The van der Waals surface area contributed by atoms with E-state index in [1.165, 1.54) is 56.3 Å². The molecule has 0 unspecified atom stereocenters. The summed E-state index contributed by atoms with van der Waals surface area (Å²) in [6.45, 7) is 4.33. The van der Waals surface area contributed by atoms with Crippen molar-refractivity contribution in [2.45, 2.75) is 56.8 Å². The van der Waals surface area contributed by atoms with Crippen LogP contribution in [-0.4, -0.2) is 36.1 Å². The molecule has 1 aromatic heterocycles. The van der Waals surface area contributed by atoms with Crippen LogP contribution in [0.5, 0.6) is 0 Å². The summed E-state index contributed by atoms with van der Waals surface area (Å²) in [6, 6.07) is 0. The zero-order chi connectivity index (χ0) is 14.1. The van der Waals surface area contributed by atoms with Crippen LogP contribution in [0, 0.1) is 0 Å². The average molecular weight is 286 g/mol. The zero-order valence-corrected chi connectivity index (χ0v) is 12.9. The highest BCUT2D eigenvalue weighted by molar-refractivity contribution is 5.51. The molecule has 2 heterocycles. The lowest BCUT2D eigenvalue weighted by molar-refractivity contribution is 0.407. The summed E-state index contributed by atoms with van der Waals surface area (Å²) >= 11 is 0. The maximum Gasteiger partial charge on any atom is 0.131 e. The van der Waals surface area contributed by atoms with Crippen molar-refractivity contribution in [1.82, 2.24) is 15.3 Å². The van der Waals surface area contributed by atoms with E-state index in [-0.39, 0.29) is 0 Å². The first-order chi connectivity index (χ1) is 10.4. The van der Waals surface area contributed by atoms with Crippen LogP contribution < -0.4 is 10.2 Å². The van der Waals surface area contributed by atoms with Crippen molar-refractivity contribution >= 4 is 5.69 Å². The van der Waals surface area contributed by atoms with Gasteiger partial charge in [0.15, 0.2) is 0 Å². The quantitative estimate of drug-likeness (QED) is 0.927. The molecule has 0 aromatic carbocycles. The highest BCUT2D eigenvalue weighted by Crippen LogP contribution is 2.41. The minimum Gasteiger partial charge on any atom is -0.366 e. The number of rotatable bonds is 3. The van der Waals surface area contributed by atoms with Gasteiger partial charge >= 0.3 is 0 Å². The lowest BCUT2D eigenvalue weighted by atomic mass is 9.82. The summed E-state index contributed by atoms with van der Waals surface area (Å²) in [7, 11) is 0. The Morgan fingerprint density at radius 3 is 2.33 bits per heavy atom. The molecule has 3 aliphatic rings. The normalized spacial score (nSPS) is 24.3. The Balaban J connectivity index is 1.64. The van der Waals surface area contributed by atoms with Crippen molar-refractivity contribution in [3.63, 3.8) is 0 Å². The fourth-order valence-electron chi connectivity index (χ4n) is 3.92. The number of nitrogens with zero attached hydrogens (tertiary/aromatic N) is 3. The van der Waals surface area contributed by atoms with Gasteiger partial charge in [-0.3, -0.25) is 0 Å². The number of aromatic nitrogens is 2. The smallest absolute Gasteiger partial charge is 0.131 e. The van der Waals surface area contributed by atoms with Crippen molar-refractivity contribution in [3.8, 4) is 0 Å². The van der Waals surface area contributed by atoms with E-state index in [9.17, 15) is 0 Å². The molecule has 0 radical (unpaired) electrons. The van der Waals surface area contributed by atoms with Gasteiger partial charge in [-0.25, -0.2) is 9.97 Å². The van der Waals surface area contributed by atoms with Crippen LogP contribution in [0.2, 0.25) is 0 Å². The molecule has 1 aromatic rings. The molecule has 1 N–H and O–H groups in total. The van der Waals surface area contributed by atoms with Crippen molar-refractivity contribution < 1.29 is 0 Å². The number of hydrogen-bond donors (Lipinski definition) is 1. The van der Waals surface area contributed by atoms with E-state index in [2.05, 4.69) is 16.4 Å². The molecule has 2 aliphatic carbocycles. The number of piperazine rings is 1. The van der Waals surface area contributed by atoms with E-state index >= 15 is 0 Å². The molecule has 4 nitrogen and oxygen atoms in total. The standard InChI is InChI=1S/C17H26N4/c1-2-5-14(4-1)17-19-12-15(21-10-8-18-9-11-21)16(20-17)13-6-3-7-13/h12-14,18H,1-11H2. The monoisotopic (exact) mass is 286 g/mol. The highest BCUT2D eigenvalue weighted by Gasteiger charge is 2.29. The molecule has 0 spiro atoms. The summed E-state index contributed by atoms with van der Waals surface area (Å²) in [5, 5.41) is 3.43. The third kappa shape index (κ3) is 2.66. The Labute approximate surface area is 127 Å². The molecule has 1 saturated heterocycles. The molecular formula is C17H26N4. The molecule has 114 valence electrons. The second kappa shape index (κ2) is 5.91. The van der Waals surface area contributed by atoms with Gasteiger partial charge in [-0.2, -0.15) is 0 Å². The number of hydrogen-bond acceptors (Lipinski definition) is 4. The first-order valence-electron chi connectivity index (χ1n) is 8.74. The van der Waals surface area contributed by atoms with E-state index in [1.54, 1.807) is 0 Å². The van der Waals surface area contributed by atoms with E-state index in [4.69, 9.17) is 9.97 Å². The van der Waals surface area contributed by atoms with Gasteiger partial charge in [0.05, 0.1) is 17.6 Å². The molecule has 1 aliphatic heterocycles. The fourth-order valence-corrected chi connectivity index (χ4v) is 3.92. The predicted molar refractivity (Wildman–Crippen MR) is 84.9 cm³/mol. The Morgan fingerprint density at radius 2 is 1.67 bits per heavy atom. The molecular weight excluding hydrogens is 260 g/mol. The van der Waals surface area contributed by atoms with E-state index < -0.39 is 0 Å². The SMILES string of the molecule is c1nc(C2CCCC2)nc(C2CCC2)c1N1CCNCC1. The lowest BCUT2D eigenvalue weighted by Crippen LogP contribution is -2.44. The van der Waals surface area contributed by atoms with Crippen LogP contribution in [0.1, 0.15) is 68.3 Å². The minimum atomic E-state index is 0.626. The molecule has 0 amide bonds. The third-order valence-electron chi connectivity index (χ3n) is 5.49. The zero-order valence-electron chi connectivity index (χ0n) is 12.9. The lowest BCUT2D eigenvalue weighted by Gasteiger charge is -2.34. The second-order valence-corrected chi connectivity index (χ2v) is 6.84. The van der Waals surface area contributed by atoms with Gasteiger partial charge in [-0.05, 0) is 25.7 Å². The molecule has 2 saturated carbocycles. The van der Waals surface area contributed by atoms with Crippen molar-refractivity contribution in [3.05, 3.63) is 17.7 Å². The summed E-state index contributed by atoms with van der Waals surface area (Å²) in [6.07, 6.45) is 11.4. The maximum absolute atomic E-state index is 5.08. The summed E-state index contributed by atoms with van der Waals surface area (Å²) in [5.41, 5.74) is 2.68. The van der Waals surface area contributed by atoms with Crippen LogP contribution in [0.4, 0.5) is 5.69 Å². The first-order valence-corrected chi connectivity index (χ1v) is 8.74. The molecule has 4 heteroatoms. The van der Waals surface area contributed by atoms with Gasteiger partial charge in [0.1, 0.15) is 5.82 Å². The number of nitrogens with one attached hydrogen (secondary N) is 1. The van der Waals surface area contributed by atoms with Gasteiger partial charge < -0.3 is 10.2 Å². The summed E-state index contributed by atoms with van der Waals surface area (Å²) < 4.78 is 0. The molecule has 0 bridgehead atoms. The summed E-state index contributed by atoms with van der Waals surface area (Å²) in [5.74, 6) is 2.45. The average Bonchev–Trinajstić information content (AvgIpc) is 3.01. The Hall–Kier alpha value is -1.16. The van der Waals surface area contributed by atoms with Gasteiger partial charge in [0.25, 0.3) is 0 Å². The fraction of sp³-hybridized carbons (Fsp3) is 0.765. The van der Waals surface area contributed by atoms with E-state index in [0.717, 1.165) is 32.0 Å². The van der Waals surface area contributed by atoms with Crippen LogP contribution in [0.15, 0.2) is 6.20 Å². The molecule has 21 heavy (non-hydrogen) atoms. The van der Waals surface area contributed by atoms with E-state index in [0.29, 0.717) is 11.8 Å². The first kappa shape index (κ1) is 13.5. The Kier molecular flexibility index (Phi) is 3.80. The van der Waals surface area contributed by atoms with Crippen molar-refractivity contribution in [1.29, 1.82) is 0 Å². The van der Waals surface area contributed by atoms with Gasteiger partial charge in [0.2, 0.25) is 0 Å². The molecule has 0 atom stereocenters. The number of anilines is 1. The topological polar surface area (TPSA) is 41.1 Å². The minimum absolute atomic E-state index is 0.626. The Bertz CT molecular complexity index is 486. The summed E-state index contributed by atoms with van der Waals surface area (Å²) in [4.78, 5) is 12.3. The van der Waals surface area contributed by atoms with Gasteiger partial charge in [-0.15, -0.1) is 0 Å². The van der Waals surface area contributed by atoms with Crippen LogP contribution in [0.25, 0.3) is 0 Å².